The highest BCUT2D eigenvalue weighted by atomic mass is 35.5. The second kappa shape index (κ2) is 6.67. The highest BCUT2D eigenvalue weighted by Crippen LogP contribution is 2.08. The molecule has 0 atom stereocenters. The van der Waals surface area contributed by atoms with Crippen molar-refractivity contribution in [3.8, 4) is 0 Å². The number of carbonyl (C=O) groups is 2. The average molecular weight is 233 g/mol. The highest BCUT2D eigenvalue weighted by molar-refractivity contribution is 6.18. The summed E-state index contributed by atoms with van der Waals surface area (Å²) in [6.07, 6.45) is 3.61. The lowest BCUT2D eigenvalue weighted by Gasteiger charge is -2.26. The molecule has 1 heterocycles. The zero-order valence-electron chi connectivity index (χ0n) is 8.80. The van der Waals surface area contributed by atoms with E-state index in [0.29, 0.717) is 5.88 Å². The number of halogens is 1. The number of amides is 2. The zero-order valence-corrected chi connectivity index (χ0v) is 9.55. The molecule has 4 nitrogen and oxygen atoms in total. The van der Waals surface area contributed by atoms with Gasteiger partial charge in [-0.05, 0) is 19.3 Å². The molecular formula is C10H17ClN2O2. The minimum Gasteiger partial charge on any atom is -0.347 e. The van der Waals surface area contributed by atoms with Crippen molar-refractivity contribution in [2.75, 3.05) is 25.5 Å². The third kappa shape index (κ3) is 4.51. The molecule has 0 aromatic heterocycles. The lowest BCUT2D eigenvalue weighted by atomic mass is 10.1. The van der Waals surface area contributed by atoms with Crippen molar-refractivity contribution < 1.29 is 9.59 Å². The van der Waals surface area contributed by atoms with Gasteiger partial charge in [-0.3, -0.25) is 9.59 Å². The quantitative estimate of drug-likeness (QED) is 0.727. The summed E-state index contributed by atoms with van der Waals surface area (Å²) in [4.78, 5) is 24.5. The van der Waals surface area contributed by atoms with E-state index in [0.717, 1.165) is 25.9 Å². The van der Waals surface area contributed by atoms with E-state index in [-0.39, 0.29) is 24.8 Å². The van der Waals surface area contributed by atoms with Crippen LogP contribution in [0, 0.1) is 0 Å². The first kappa shape index (κ1) is 12.3. The number of nitrogens with one attached hydrogen (secondary N) is 1. The lowest BCUT2D eigenvalue weighted by Crippen LogP contribution is -2.42. The summed E-state index contributed by atoms with van der Waals surface area (Å²) in [5.41, 5.74) is 0. The summed E-state index contributed by atoms with van der Waals surface area (Å²) < 4.78 is 0. The van der Waals surface area contributed by atoms with Gasteiger partial charge in [0.1, 0.15) is 0 Å². The number of alkyl halides is 1. The highest BCUT2D eigenvalue weighted by Gasteiger charge is 2.16. The summed E-state index contributed by atoms with van der Waals surface area (Å²) >= 11 is 5.40. The summed E-state index contributed by atoms with van der Waals surface area (Å²) in [5.74, 6) is 0.150. The van der Waals surface area contributed by atoms with Crippen LogP contribution in [0.2, 0.25) is 0 Å². The Morgan fingerprint density at radius 1 is 1.20 bits per heavy atom. The third-order valence-corrected chi connectivity index (χ3v) is 2.66. The molecule has 0 radical (unpaired) electrons. The van der Waals surface area contributed by atoms with Crippen LogP contribution in [0.15, 0.2) is 0 Å². The number of piperidine rings is 1. The minimum absolute atomic E-state index is 0.0117. The number of nitrogens with zero attached hydrogens (tertiary/aromatic N) is 1. The van der Waals surface area contributed by atoms with Crippen molar-refractivity contribution in [3.63, 3.8) is 0 Å². The SMILES string of the molecule is O=C(CCCl)NCC(=O)N1CCCCC1. The predicted molar refractivity (Wildman–Crippen MR) is 58.8 cm³/mol. The molecule has 0 saturated carbocycles. The van der Waals surface area contributed by atoms with E-state index >= 15 is 0 Å². The van der Waals surface area contributed by atoms with Gasteiger partial charge in [0.25, 0.3) is 0 Å². The molecule has 15 heavy (non-hydrogen) atoms. The van der Waals surface area contributed by atoms with Crippen molar-refractivity contribution >= 4 is 23.4 Å². The van der Waals surface area contributed by atoms with Gasteiger partial charge in [-0.15, -0.1) is 11.6 Å². The first-order valence-electron chi connectivity index (χ1n) is 5.34. The van der Waals surface area contributed by atoms with Crippen molar-refractivity contribution in [2.45, 2.75) is 25.7 Å². The molecule has 86 valence electrons. The van der Waals surface area contributed by atoms with Crippen LogP contribution >= 0.6 is 11.6 Å². The van der Waals surface area contributed by atoms with Gasteiger partial charge >= 0.3 is 0 Å². The topological polar surface area (TPSA) is 49.4 Å². The van der Waals surface area contributed by atoms with Gasteiger partial charge in [-0.1, -0.05) is 0 Å². The molecule has 0 unspecified atom stereocenters. The fourth-order valence-corrected chi connectivity index (χ4v) is 1.78. The molecule has 0 aromatic rings. The van der Waals surface area contributed by atoms with E-state index in [2.05, 4.69) is 5.32 Å². The third-order valence-electron chi connectivity index (χ3n) is 2.47. The van der Waals surface area contributed by atoms with Crippen LogP contribution in [0.5, 0.6) is 0 Å². The first-order valence-corrected chi connectivity index (χ1v) is 5.88. The largest absolute Gasteiger partial charge is 0.347 e. The van der Waals surface area contributed by atoms with Crippen molar-refractivity contribution in [1.29, 1.82) is 0 Å². The maximum Gasteiger partial charge on any atom is 0.241 e. The van der Waals surface area contributed by atoms with E-state index in [9.17, 15) is 9.59 Å². The molecule has 0 bridgehead atoms. The maximum atomic E-state index is 11.6. The maximum absolute atomic E-state index is 11.6. The van der Waals surface area contributed by atoms with Gasteiger partial charge in [-0.25, -0.2) is 0 Å². The fourth-order valence-electron chi connectivity index (χ4n) is 1.60. The Labute approximate surface area is 95.0 Å². The normalized spacial score (nSPS) is 16.2. The molecule has 1 fully saturated rings. The van der Waals surface area contributed by atoms with Crippen molar-refractivity contribution in [1.82, 2.24) is 10.2 Å². The molecule has 1 rings (SSSR count). The van der Waals surface area contributed by atoms with E-state index in [1.54, 1.807) is 0 Å². The molecule has 5 heteroatoms. The summed E-state index contributed by atoms with van der Waals surface area (Å²) in [6.45, 7) is 1.75. The minimum atomic E-state index is -0.157. The van der Waals surface area contributed by atoms with Gasteiger partial charge in [0.2, 0.25) is 11.8 Å². The van der Waals surface area contributed by atoms with Gasteiger partial charge in [-0.2, -0.15) is 0 Å². The van der Waals surface area contributed by atoms with Crippen LogP contribution in [0.1, 0.15) is 25.7 Å². The van der Waals surface area contributed by atoms with Crippen molar-refractivity contribution in [2.24, 2.45) is 0 Å². The molecule has 0 aromatic carbocycles. The first-order chi connectivity index (χ1) is 7.24. The van der Waals surface area contributed by atoms with Gasteiger partial charge in [0.15, 0.2) is 0 Å². The molecular weight excluding hydrogens is 216 g/mol. The molecule has 1 aliphatic rings. The summed E-state index contributed by atoms with van der Waals surface area (Å²) in [5, 5.41) is 2.57. The Morgan fingerprint density at radius 3 is 2.47 bits per heavy atom. The van der Waals surface area contributed by atoms with Gasteiger partial charge in [0.05, 0.1) is 6.54 Å². The monoisotopic (exact) mass is 232 g/mol. The fraction of sp³-hybridized carbons (Fsp3) is 0.800. The van der Waals surface area contributed by atoms with Crippen molar-refractivity contribution in [3.05, 3.63) is 0 Å². The van der Waals surface area contributed by atoms with Crippen LogP contribution in [0.3, 0.4) is 0 Å². The summed E-state index contributed by atoms with van der Waals surface area (Å²) in [7, 11) is 0. The number of carbonyl (C=O) groups excluding carboxylic acids is 2. The van der Waals surface area contributed by atoms with Gasteiger partial charge < -0.3 is 10.2 Å². The smallest absolute Gasteiger partial charge is 0.241 e. The number of rotatable bonds is 4. The number of hydrogen-bond donors (Lipinski definition) is 1. The van der Waals surface area contributed by atoms with Crippen LogP contribution in [-0.2, 0) is 9.59 Å². The standard InChI is InChI=1S/C10H17ClN2O2/c11-5-4-9(14)12-8-10(15)13-6-2-1-3-7-13/h1-8H2,(H,12,14). The van der Waals surface area contributed by atoms with E-state index < -0.39 is 0 Å². The van der Waals surface area contributed by atoms with Gasteiger partial charge in [0, 0.05) is 25.4 Å². The Balaban J connectivity index is 2.19. The molecule has 1 N–H and O–H groups in total. The number of hydrogen-bond acceptors (Lipinski definition) is 2. The second-order valence-corrected chi connectivity index (χ2v) is 4.04. The van der Waals surface area contributed by atoms with E-state index in [4.69, 9.17) is 11.6 Å². The van der Waals surface area contributed by atoms with Crippen LogP contribution in [-0.4, -0.2) is 42.2 Å². The molecule has 2 amide bonds. The van der Waals surface area contributed by atoms with E-state index in [1.807, 2.05) is 4.90 Å². The predicted octanol–water partition coefficient (Wildman–Crippen LogP) is 0.744. The van der Waals surface area contributed by atoms with Crippen LogP contribution < -0.4 is 5.32 Å². The molecule has 1 saturated heterocycles. The van der Waals surface area contributed by atoms with Crippen LogP contribution in [0.4, 0.5) is 0 Å². The Hall–Kier alpha value is -0.770. The number of likely N-dealkylation sites (tertiary alicyclic amines) is 1. The van der Waals surface area contributed by atoms with E-state index in [1.165, 1.54) is 6.42 Å². The molecule has 0 spiro atoms. The summed E-state index contributed by atoms with van der Waals surface area (Å²) in [6, 6.07) is 0. The Kier molecular flexibility index (Phi) is 5.47. The Bertz CT molecular complexity index is 227. The molecule has 0 aliphatic carbocycles. The Morgan fingerprint density at radius 2 is 1.87 bits per heavy atom. The average Bonchev–Trinajstić information content (AvgIpc) is 2.27. The van der Waals surface area contributed by atoms with Crippen LogP contribution in [0.25, 0.3) is 0 Å². The molecule has 1 aliphatic heterocycles. The second-order valence-electron chi connectivity index (χ2n) is 3.66. The zero-order chi connectivity index (χ0) is 11.1. The lowest BCUT2D eigenvalue weighted by molar-refractivity contribution is -0.133.